The Hall–Kier alpha value is -1.91. The Balaban J connectivity index is 1.85. The third-order valence-electron chi connectivity index (χ3n) is 4.58. The van der Waals surface area contributed by atoms with Gasteiger partial charge in [-0.3, -0.25) is 4.79 Å². The number of hydrogen-bond acceptors (Lipinski definition) is 7. The smallest absolute Gasteiger partial charge is 0.271 e. The van der Waals surface area contributed by atoms with Crippen molar-refractivity contribution in [1.82, 2.24) is 14.5 Å². The Morgan fingerprint density at radius 1 is 1.32 bits per heavy atom. The van der Waals surface area contributed by atoms with Gasteiger partial charge < -0.3 is 30.4 Å². The van der Waals surface area contributed by atoms with E-state index in [0.717, 1.165) is 35.4 Å². The molecule has 8 nitrogen and oxygen atoms in total. The summed E-state index contributed by atoms with van der Waals surface area (Å²) in [6.45, 7) is 8.05. The number of aromatic nitrogens is 2. The van der Waals surface area contributed by atoms with Crippen molar-refractivity contribution in [3.63, 3.8) is 0 Å². The summed E-state index contributed by atoms with van der Waals surface area (Å²) in [5, 5.41) is 0.616. The molecule has 152 valence electrons. The Kier molecular flexibility index (Phi) is 6.73. The first-order valence-corrected chi connectivity index (χ1v) is 10.7. The molecule has 0 radical (unpaired) electrons. The van der Waals surface area contributed by atoms with Gasteiger partial charge in [-0.1, -0.05) is 25.6 Å². The van der Waals surface area contributed by atoms with Crippen molar-refractivity contribution in [1.29, 1.82) is 0 Å². The number of nitrogens with zero attached hydrogens (tertiary/aromatic N) is 3. The summed E-state index contributed by atoms with van der Waals surface area (Å²) in [6.07, 6.45) is 0.885. The maximum absolute atomic E-state index is 11.7. The summed E-state index contributed by atoms with van der Waals surface area (Å²) < 4.78 is 13.5. The van der Waals surface area contributed by atoms with Crippen molar-refractivity contribution in [3.8, 4) is 11.5 Å². The highest BCUT2D eigenvalue weighted by Gasteiger charge is 2.22. The minimum Gasteiger partial charge on any atom is -0.454 e. The number of anilines is 1. The van der Waals surface area contributed by atoms with Crippen molar-refractivity contribution in [2.24, 2.45) is 5.73 Å². The third kappa shape index (κ3) is 4.39. The van der Waals surface area contributed by atoms with Crippen LogP contribution >= 0.6 is 27.7 Å². The first kappa shape index (κ1) is 20.8. The van der Waals surface area contributed by atoms with Gasteiger partial charge in [0.1, 0.15) is 5.82 Å². The van der Waals surface area contributed by atoms with E-state index in [1.807, 2.05) is 16.7 Å². The SMILES string of the molecule is CCN(CC)CCCn1c(Sc2cc3c(cc2Br)OCO3)nc(C(N)=O)c1N. The van der Waals surface area contributed by atoms with Crippen molar-refractivity contribution >= 4 is 39.4 Å². The van der Waals surface area contributed by atoms with Gasteiger partial charge in [0, 0.05) is 15.9 Å². The van der Waals surface area contributed by atoms with Crippen molar-refractivity contribution in [2.75, 3.05) is 32.2 Å². The summed E-state index contributed by atoms with van der Waals surface area (Å²) in [5.41, 5.74) is 11.7. The number of carbonyl (C=O) groups is 1. The van der Waals surface area contributed by atoms with Gasteiger partial charge in [0.05, 0.1) is 0 Å². The molecule has 0 aliphatic carbocycles. The zero-order valence-electron chi connectivity index (χ0n) is 15.9. The summed E-state index contributed by atoms with van der Waals surface area (Å²) >= 11 is 4.95. The highest BCUT2D eigenvalue weighted by Crippen LogP contribution is 2.43. The molecule has 3 rings (SSSR count). The van der Waals surface area contributed by atoms with Crippen LogP contribution < -0.4 is 20.9 Å². The number of benzene rings is 1. The minimum atomic E-state index is -0.633. The fourth-order valence-electron chi connectivity index (χ4n) is 2.99. The average Bonchev–Trinajstić information content (AvgIpc) is 3.24. The molecule has 2 heterocycles. The van der Waals surface area contributed by atoms with Crippen LogP contribution in [0.1, 0.15) is 30.8 Å². The quantitative estimate of drug-likeness (QED) is 0.580. The summed E-state index contributed by atoms with van der Waals surface area (Å²) in [4.78, 5) is 19.4. The van der Waals surface area contributed by atoms with Crippen LogP contribution in [0.5, 0.6) is 11.5 Å². The molecule has 2 aromatic rings. The molecule has 4 N–H and O–H groups in total. The molecule has 0 saturated carbocycles. The van der Waals surface area contributed by atoms with Crippen LogP contribution in [0.3, 0.4) is 0 Å². The highest BCUT2D eigenvalue weighted by atomic mass is 79.9. The van der Waals surface area contributed by atoms with Crippen LogP contribution in [-0.4, -0.2) is 46.8 Å². The van der Waals surface area contributed by atoms with Crippen LogP contribution in [0.2, 0.25) is 0 Å². The number of carbonyl (C=O) groups excluding carboxylic acids is 1. The number of halogens is 1. The lowest BCUT2D eigenvalue weighted by Crippen LogP contribution is -2.25. The average molecular weight is 470 g/mol. The van der Waals surface area contributed by atoms with Crippen molar-refractivity contribution < 1.29 is 14.3 Å². The molecule has 0 unspecified atom stereocenters. The van der Waals surface area contributed by atoms with Crippen LogP contribution in [0.25, 0.3) is 0 Å². The van der Waals surface area contributed by atoms with Crippen LogP contribution in [0, 0.1) is 0 Å². The minimum absolute atomic E-state index is 0.0993. The zero-order chi connectivity index (χ0) is 20.3. The number of rotatable bonds is 9. The number of fused-ring (bicyclic) bond motifs is 1. The Morgan fingerprint density at radius 3 is 2.64 bits per heavy atom. The molecule has 0 saturated heterocycles. The standard InChI is InChI=1S/C18H24BrN5O3S/c1-3-23(4-2)6-5-7-24-16(20)15(17(21)25)22-18(24)28-14-9-13-12(8-11(14)19)26-10-27-13/h8-9H,3-7,10,20H2,1-2H3,(H2,21,25). The topological polar surface area (TPSA) is 109 Å². The van der Waals surface area contributed by atoms with Crippen LogP contribution in [0.15, 0.2) is 26.7 Å². The van der Waals surface area contributed by atoms with E-state index in [4.69, 9.17) is 20.9 Å². The van der Waals surface area contributed by atoms with Gasteiger partial charge in [0.2, 0.25) is 6.79 Å². The lowest BCUT2D eigenvalue weighted by Gasteiger charge is -2.18. The molecule has 28 heavy (non-hydrogen) atoms. The molecular weight excluding hydrogens is 446 g/mol. The molecule has 1 aliphatic rings. The number of hydrogen-bond donors (Lipinski definition) is 2. The number of ether oxygens (including phenoxy) is 2. The van der Waals surface area contributed by atoms with Crippen LogP contribution in [-0.2, 0) is 6.54 Å². The normalized spacial score (nSPS) is 12.7. The number of primary amides is 1. The lowest BCUT2D eigenvalue weighted by atomic mass is 10.3. The molecule has 0 fully saturated rings. The molecule has 1 aromatic heterocycles. The fourth-order valence-corrected chi connectivity index (χ4v) is 4.51. The second-order valence-electron chi connectivity index (χ2n) is 6.26. The van der Waals surface area contributed by atoms with E-state index >= 15 is 0 Å². The molecule has 0 bridgehead atoms. The molecule has 1 amide bonds. The summed E-state index contributed by atoms with van der Waals surface area (Å²) in [5.74, 6) is 1.03. The third-order valence-corrected chi connectivity index (χ3v) is 6.55. The number of amides is 1. The van der Waals surface area contributed by atoms with Crippen molar-refractivity contribution in [3.05, 3.63) is 22.3 Å². The Labute approximate surface area is 176 Å². The van der Waals surface area contributed by atoms with Gasteiger partial charge in [-0.05, 0) is 54.1 Å². The fraction of sp³-hybridized carbons (Fsp3) is 0.444. The Morgan fingerprint density at radius 2 is 2.00 bits per heavy atom. The van der Waals surface area contributed by atoms with E-state index < -0.39 is 5.91 Å². The van der Waals surface area contributed by atoms with E-state index in [0.29, 0.717) is 29.0 Å². The first-order valence-electron chi connectivity index (χ1n) is 9.09. The first-order chi connectivity index (χ1) is 13.4. The number of imidazole rings is 1. The van der Waals surface area contributed by atoms with Gasteiger partial charge in [0.25, 0.3) is 5.91 Å². The van der Waals surface area contributed by atoms with Crippen LogP contribution in [0.4, 0.5) is 5.82 Å². The second-order valence-corrected chi connectivity index (χ2v) is 8.13. The molecule has 1 aromatic carbocycles. The van der Waals surface area contributed by atoms with E-state index in [9.17, 15) is 4.79 Å². The largest absolute Gasteiger partial charge is 0.454 e. The Bertz CT molecular complexity index is 869. The highest BCUT2D eigenvalue weighted by molar-refractivity contribution is 9.10. The summed E-state index contributed by atoms with van der Waals surface area (Å²) in [7, 11) is 0. The predicted octanol–water partition coefficient (Wildman–Crippen LogP) is 2.94. The van der Waals surface area contributed by atoms with Gasteiger partial charge in [-0.2, -0.15) is 0 Å². The predicted molar refractivity (Wildman–Crippen MR) is 112 cm³/mol. The number of nitrogens with two attached hydrogens (primary N) is 2. The second kappa shape index (κ2) is 9.06. The monoisotopic (exact) mass is 469 g/mol. The zero-order valence-corrected chi connectivity index (χ0v) is 18.3. The molecule has 0 atom stereocenters. The maximum Gasteiger partial charge on any atom is 0.271 e. The molecule has 1 aliphatic heterocycles. The lowest BCUT2D eigenvalue weighted by molar-refractivity contribution is 0.0996. The van der Waals surface area contributed by atoms with E-state index in [1.54, 1.807) is 0 Å². The van der Waals surface area contributed by atoms with E-state index in [1.165, 1.54) is 11.8 Å². The molecule has 10 heteroatoms. The van der Waals surface area contributed by atoms with Gasteiger partial charge >= 0.3 is 0 Å². The molecular formula is C18H24BrN5O3S. The molecule has 0 spiro atoms. The van der Waals surface area contributed by atoms with Gasteiger partial charge in [0.15, 0.2) is 22.3 Å². The maximum atomic E-state index is 11.7. The van der Waals surface area contributed by atoms with E-state index in [-0.39, 0.29) is 12.5 Å². The van der Waals surface area contributed by atoms with E-state index in [2.05, 4.69) is 39.7 Å². The number of nitrogen functional groups attached to an aromatic ring is 1. The van der Waals surface area contributed by atoms with Gasteiger partial charge in [-0.25, -0.2) is 4.98 Å². The summed E-state index contributed by atoms with van der Waals surface area (Å²) in [6, 6.07) is 3.74. The van der Waals surface area contributed by atoms with Crippen molar-refractivity contribution in [2.45, 2.75) is 36.9 Å². The van der Waals surface area contributed by atoms with Gasteiger partial charge in [-0.15, -0.1) is 0 Å².